The number of rotatable bonds is 1. The molecule has 0 bridgehead atoms. The molecule has 10 nitrogen and oxygen atoms in total. The van der Waals surface area contributed by atoms with Gasteiger partial charge in [0.1, 0.15) is 5.69 Å². The number of carboxylic acid groups (broad SMARTS) is 1. The van der Waals surface area contributed by atoms with E-state index in [9.17, 15) is 14.4 Å². The van der Waals surface area contributed by atoms with Crippen LogP contribution in [0.4, 0.5) is 0 Å². The fraction of sp³-hybridized carbons (Fsp3) is 0.533. The van der Waals surface area contributed by atoms with Crippen molar-refractivity contribution in [3.8, 4) is 0 Å². The lowest BCUT2D eigenvalue weighted by molar-refractivity contribution is -0.123. The third-order valence-corrected chi connectivity index (χ3v) is 4.73. The van der Waals surface area contributed by atoms with Crippen molar-refractivity contribution in [3.63, 3.8) is 0 Å². The van der Waals surface area contributed by atoms with Crippen molar-refractivity contribution < 1.29 is 24.3 Å². The number of carbonyl (C=O) groups is 4. The van der Waals surface area contributed by atoms with Crippen molar-refractivity contribution in [1.29, 1.82) is 0 Å². The Balaban J connectivity index is 0.000000569. The van der Waals surface area contributed by atoms with Gasteiger partial charge in [-0.2, -0.15) is 5.10 Å². The standard InChI is InChI=1S/C14H17N5O3.CH2O2/c1-17-2-3-19-11(14(17)22)5-9(16-19)13(21)18-6-8-4-12(20)15-10(8)7-18;2-1-3/h5,8,10H,2-4,6-7H2,1H3,(H,15,20);1H,(H,2,3)/t8-,10+;/m0./s1. The number of nitrogens with one attached hydrogen (secondary N) is 1. The predicted octanol–water partition coefficient (Wildman–Crippen LogP) is -1.37. The topological polar surface area (TPSA) is 125 Å². The van der Waals surface area contributed by atoms with E-state index in [-0.39, 0.29) is 36.2 Å². The minimum Gasteiger partial charge on any atom is -0.483 e. The molecular weight excluding hydrogens is 330 g/mol. The molecule has 2 saturated heterocycles. The number of aromatic nitrogens is 2. The van der Waals surface area contributed by atoms with Gasteiger partial charge in [-0.1, -0.05) is 0 Å². The zero-order chi connectivity index (χ0) is 18.1. The van der Waals surface area contributed by atoms with Crippen LogP contribution in [-0.2, 0) is 16.1 Å². The van der Waals surface area contributed by atoms with E-state index in [1.807, 2.05) is 0 Å². The number of hydrogen-bond donors (Lipinski definition) is 2. The zero-order valence-corrected chi connectivity index (χ0v) is 13.7. The van der Waals surface area contributed by atoms with Crippen LogP contribution >= 0.6 is 0 Å². The average Bonchev–Trinajstić information content (AvgIpc) is 3.23. The maximum absolute atomic E-state index is 12.6. The molecule has 3 aliphatic heterocycles. The highest BCUT2D eigenvalue weighted by Gasteiger charge is 2.42. The van der Waals surface area contributed by atoms with Crippen molar-refractivity contribution in [1.82, 2.24) is 24.9 Å². The van der Waals surface area contributed by atoms with Gasteiger partial charge in [0.05, 0.1) is 12.6 Å². The average molecular weight is 349 g/mol. The minimum absolute atomic E-state index is 0.0569. The molecule has 4 heterocycles. The number of fused-ring (bicyclic) bond motifs is 2. The lowest BCUT2D eigenvalue weighted by Gasteiger charge is -2.22. The molecule has 2 atom stereocenters. The molecular formula is C15H19N5O5. The molecule has 10 heteroatoms. The monoisotopic (exact) mass is 349 g/mol. The van der Waals surface area contributed by atoms with E-state index in [2.05, 4.69) is 10.4 Å². The highest BCUT2D eigenvalue weighted by atomic mass is 16.3. The molecule has 0 aliphatic carbocycles. The fourth-order valence-corrected chi connectivity index (χ4v) is 3.48. The first-order chi connectivity index (χ1) is 11.9. The highest BCUT2D eigenvalue weighted by molar-refractivity contribution is 5.98. The van der Waals surface area contributed by atoms with E-state index in [4.69, 9.17) is 9.90 Å². The summed E-state index contributed by atoms with van der Waals surface area (Å²) in [6.07, 6.45) is 0.484. The van der Waals surface area contributed by atoms with Crippen LogP contribution in [0.3, 0.4) is 0 Å². The van der Waals surface area contributed by atoms with Crippen molar-refractivity contribution in [2.45, 2.75) is 19.0 Å². The van der Waals surface area contributed by atoms with Gasteiger partial charge < -0.3 is 20.2 Å². The molecule has 0 unspecified atom stereocenters. The number of likely N-dealkylation sites (tertiary alicyclic amines) is 1. The molecule has 0 aromatic carbocycles. The summed E-state index contributed by atoms with van der Waals surface area (Å²) < 4.78 is 1.61. The van der Waals surface area contributed by atoms with Crippen LogP contribution < -0.4 is 5.32 Å². The van der Waals surface area contributed by atoms with Crippen molar-refractivity contribution in [2.75, 3.05) is 26.7 Å². The summed E-state index contributed by atoms with van der Waals surface area (Å²) in [5, 5.41) is 14.1. The van der Waals surface area contributed by atoms with E-state index in [0.717, 1.165) is 0 Å². The van der Waals surface area contributed by atoms with Crippen LogP contribution in [-0.4, -0.2) is 81.6 Å². The van der Waals surface area contributed by atoms with Gasteiger partial charge in [-0.3, -0.25) is 23.9 Å². The summed E-state index contributed by atoms with van der Waals surface area (Å²) >= 11 is 0. The zero-order valence-electron chi connectivity index (χ0n) is 13.7. The Labute approximate surface area is 143 Å². The quantitative estimate of drug-likeness (QED) is 0.603. The largest absolute Gasteiger partial charge is 0.483 e. The molecule has 1 aromatic rings. The highest BCUT2D eigenvalue weighted by Crippen LogP contribution is 2.26. The number of nitrogens with zero attached hydrogens (tertiary/aromatic N) is 4. The smallest absolute Gasteiger partial charge is 0.290 e. The Morgan fingerprint density at radius 2 is 2.08 bits per heavy atom. The molecule has 25 heavy (non-hydrogen) atoms. The lowest BCUT2D eigenvalue weighted by Crippen LogP contribution is -2.37. The van der Waals surface area contributed by atoms with Gasteiger partial charge in [0.15, 0.2) is 5.69 Å². The Kier molecular flexibility index (Phi) is 4.43. The molecule has 3 aliphatic rings. The van der Waals surface area contributed by atoms with Crippen molar-refractivity contribution in [2.24, 2.45) is 5.92 Å². The van der Waals surface area contributed by atoms with Gasteiger partial charge in [0.25, 0.3) is 18.3 Å². The summed E-state index contributed by atoms with van der Waals surface area (Å²) in [4.78, 5) is 47.7. The van der Waals surface area contributed by atoms with E-state index >= 15 is 0 Å². The lowest BCUT2D eigenvalue weighted by atomic mass is 10.1. The second-order valence-corrected chi connectivity index (χ2v) is 6.32. The van der Waals surface area contributed by atoms with E-state index in [1.165, 1.54) is 0 Å². The van der Waals surface area contributed by atoms with Crippen LogP contribution in [0.1, 0.15) is 27.4 Å². The van der Waals surface area contributed by atoms with Gasteiger partial charge in [0, 0.05) is 45.1 Å². The van der Waals surface area contributed by atoms with Crippen LogP contribution in [0.2, 0.25) is 0 Å². The fourth-order valence-electron chi connectivity index (χ4n) is 3.48. The summed E-state index contributed by atoms with van der Waals surface area (Å²) in [6, 6.07) is 1.63. The molecule has 4 rings (SSSR count). The van der Waals surface area contributed by atoms with Gasteiger partial charge in [-0.05, 0) is 0 Å². The van der Waals surface area contributed by atoms with Gasteiger partial charge >= 0.3 is 0 Å². The molecule has 0 saturated carbocycles. The SMILES string of the molecule is CN1CCn2nc(C(=O)N3C[C@@H]4CC(=O)N[C@@H]4C3)cc2C1=O.O=CO. The number of hydrogen-bond acceptors (Lipinski definition) is 5. The molecule has 3 amide bonds. The Morgan fingerprint density at radius 1 is 1.36 bits per heavy atom. The maximum atomic E-state index is 12.6. The van der Waals surface area contributed by atoms with Gasteiger partial charge in [-0.15, -0.1) is 0 Å². The first-order valence-corrected chi connectivity index (χ1v) is 7.94. The summed E-state index contributed by atoms with van der Waals surface area (Å²) in [5.41, 5.74) is 0.773. The summed E-state index contributed by atoms with van der Waals surface area (Å²) in [7, 11) is 1.74. The summed E-state index contributed by atoms with van der Waals surface area (Å²) in [5.74, 6) is -0.0148. The molecule has 134 valence electrons. The first-order valence-electron chi connectivity index (χ1n) is 7.94. The van der Waals surface area contributed by atoms with Crippen LogP contribution in [0.15, 0.2) is 6.07 Å². The van der Waals surface area contributed by atoms with Gasteiger partial charge in [0.2, 0.25) is 5.91 Å². The number of likely N-dealkylation sites (N-methyl/N-ethyl adjacent to an activating group) is 1. The normalized spacial score (nSPS) is 24.2. The van der Waals surface area contributed by atoms with E-state index in [1.54, 1.807) is 27.6 Å². The molecule has 2 fully saturated rings. The molecule has 2 N–H and O–H groups in total. The summed E-state index contributed by atoms with van der Waals surface area (Å²) in [6.45, 7) is 2.04. The number of amides is 3. The van der Waals surface area contributed by atoms with Crippen LogP contribution in [0.5, 0.6) is 0 Å². The second kappa shape index (κ2) is 6.54. The third-order valence-electron chi connectivity index (χ3n) is 4.73. The molecule has 0 spiro atoms. The Morgan fingerprint density at radius 3 is 2.76 bits per heavy atom. The van der Waals surface area contributed by atoms with Crippen LogP contribution in [0.25, 0.3) is 0 Å². The molecule has 0 radical (unpaired) electrons. The van der Waals surface area contributed by atoms with Crippen molar-refractivity contribution in [3.05, 3.63) is 17.5 Å². The second-order valence-electron chi connectivity index (χ2n) is 6.32. The predicted molar refractivity (Wildman–Crippen MR) is 83.8 cm³/mol. The number of carbonyl (C=O) groups excluding carboxylic acids is 3. The van der Waals surface area contributed by atoms with E-state index in [0.29, 0.717) is 44.0 Å². The van der Waals surface area contributed by atoms with E-state index < -0.39 is 0 Å². The maximum Gasteiger partial charge on any atom is 0.290 e. The Hall–Kier alpha value is -2.91. The van der Waals surface area contributed by atoms with Crippen LogP contribution in [0, 0.1) is 5.92 Å². The minimum atomic E-state index is -0.250. The third kappa shape index (κ3) is 3.06. The molecule has 1 aromatic heterocycles. The van der Waals surface area contributed by atoms with Crippen molar-refractivity contribution >= 4 is 24.2 Å². The Bertz CT molecular complexity index is 714. The first kappa shape index (κ1) is 16.9. The van der Waals surface area contributed by atoms with Gasteiger partial charge in [-0.25, -0.2) is 0 Å².